The van der Waals surface area contributed by atoms with Crippen LogP contribution in [0.3, 0.4) is 0 Å². The van der Waals surface area contributed by atoms with Gasteiger partial charge in [-0.3, -0.25) is 9.59 Å². The number of aliphatic hydroxyl groups is 1. The van der Waals surface area contributed by atoms with E-state index in [4.69, 9.17) is 9.47 Å². The van der Waals surface area contributed by atoms with Crippen LogP contribution in [0.2, 0.25) is 0 Å². The SMILES string of the molecule is CCCCCOc1cccc(C2/C(=C(\O)c3ccc(OCCC)cc3)C(=O)C(=O)N2CCc2ccccc2)c1. The Labute approximate surface area is 230 Å². The second-order valence-electron chi connectivity index (χ2n) is 9.73. The molecule has 0 aliphatic carbocycles. The van der Waals surface area contributed by atoms with Crippen LogP contribution in [0, 0.1) is 0 Å². The number of ketones is 1. The Morgan fingerprint density at radius 1 is 0.821 bits per heavy atom. The van der Waals surface area contributed by atoms with Gasteiger partial charge in [0.1, 0.15) is 17.3 Å². The number of hydrogen-bond acceptors (Lipinski definition) is 5. The zero-order valence-corrected chi connectivity index (χ0v) is 22.8. The van der Waals surface area contributed by atoms with Gasteiger partial charge in [-0.25, -0.2) is 0 Å². The highest BCUT2D eigenvalue weighted by Gasteiger charge is 2.46. The van der Waals surface area contributed by atoms with Gasteiger partial charge in [0.2, 0.25) is 0 Å². The predicted octanol–water partition coefficient (Wildman–Crippen LogP) is 6.71. The lowest BCUT2D eigenvalue weighted by Crippen LogP contribution is -2.31. The zero-order valence-electron chi connectivity index (χ0n) is 22.8. The Balaban J connectivity index is 1.70. The first-order valence-corrected chi connectivity index (χ1v) is 13.8. The summed E-state index contributed by atoms with van der Waals surface area (Å²) in [7, 11) is 0. The summed E-state index contributed by atoms with van der Waals surface area (Å²) in [5.74, 6) is -0.145. The van der Waals surface area contributed by atoms with Crippen molar-refractivity contribution < 1.29 is 24.2 Å². The summed E-state index contributed by atoms with van der Waals surface area (Å²) in [5.41, 5.74) is 2.32. The van der Waals surface area contributed by atoms with E-state index in [1.54, 1.807) is 29.2 Å². The summed E-state index contributed by atoms with van der Waals surface area (Å²) in [6.07, 6.45) is 4.61. The molecule has 1 fully saturated rings. The number of rotatable bonds is 13. The number of benzene rings is 3. The molecule has 1 atom stereocenters. The van der Waals surface area contributed by atoms with E-state index in [-0.39, 0.29) is 11.3 Å². The van der Waals surface area contributed by atoms with Gasteiger partial charge in [0.15, 0.2) is 0 Å². The predicted molar refractivity (Wildman–Crippen MR) is 153 cm³/mol. The summed E-state index contributed by atoms with van der Waals surface area (Å²) >= 11 is 0. The number of unbranched alkanes of at least 4 members (excludes halogenated alkanes) is 2. The summed E-state index contributed by atoms with van der Waals surface area (Å²) < 4.78 is 11.6. The van der Waals surface area contributed by atoms with Gasteiger partial charge in [0.25, 0.3) is 11.7 Å². The summed E-state index contributed by atoms with van der Waals surface area (Å²) in [4.78, 5) is 28.3. The molecule has 1 saturated heterocycles. The van der Waals surface area contributed by atoms with Crippen molar-refractivity contribution in [2.45, 2.75) is 52.0 Å². The van der Waals surface area contributed by atoms with Gasteiger partial charge in [0, 0.05) is 12.1 Å². The van der Waals surface area contributed by atoms with Crippen LogP contribution in [-0.4, -0.2) is 41.5 Å². The Morgan fingerprint density at radius 3 is 2.28 bits per heavy atom. The highest BCUT2D eigenvalue weighted by molar-refractivity contribution is 6.46. The minimum absolute atomic E-state index is 0.0819. The van der Waals surface area contributed by atoms with E-state index >= 15 is 0 Å². The topological polar surface area (TPSA) is 76.1 Å². The van der Waals surface area contributed by atoms with Crippen LogP contribution in [0.25, 0.3) is 5.76 Å². The number of ether oxygens (including phenoxy) is 2. The molecule has 1 aliphatic heterocycles. The van der Waals surface area contributed by atoms with Gasteiger partial charge in [-0.1, -0.05) is 69.2 Å². The molecule has 1 N–H and O–H groups in total. The highest BCUT2D eigenvalue weighted by Crippen LogP contribution is 2.40. The number of hydrogen-bond donors (Lipinski definition) is 1. The average Bonchev–Trinajstić information content (AvgIpc) is 3.23. The maximum absolute atomic E-state index is 13.4. The average molecular weight is 528 g/mol. The highest BCUT2D eigenvalue weighted by atomic mass is 16.5. The fourth-order valence-electron chi connectivity index (χ4n) is 4.75. The lowest BCUT2D eigenvalue weighted by atomic mass is 9.95. The normalized spacial score (nSPS) is 16.5. The van der Waals surface area contributed by atoms with Gasteiger partial charge < -0.3 is 19.5 Å². The van der Waals surface area contributed by atoms with E-state index < -0.39 is 17.7 Å². The molecule has 3 aromatic carbocycles. The van der Waals surface area contributed by atoms with E-state index in [0.29, 0.717) is 43.2 Å². The van der Waals surface area contributed by atoms with E-state index in [1.807, 2.05) is 61.5 Å². The van der Waals surface area contributed by atoms with Crippen LogP contribution in [0.4, 0.5) is 0 Å². The first-order valence-electron chi connectivity index (χ1n) is 13.8. The summed E-state index contributed by atoms with van der Waals surface area (Å²) in [6, 6.07) is 23.5. The first-order chi connectivity index (χ1) is 19.0. The number of aliphatic hydroxyl groups excluding tert-OH is 1. The number of carbonyl (C=O) groups is 2. The molecule has 1 aliphatic rings. The smallest absolute Gasteiger partial charge is 0.295 e. The van der Waals surface area contributed by atoms with Crippen molar-refractivity contribution in [1.82, 2.24) is 4.90 Å². The fraction of sp³-hybridized carbons (Fsp3) is 0.333. The molecule has 6 nitrogen and oxygen atoms in total. The van der Waals surface area contributed by atoms with Gasteiger partial charge in [-0.05, 0) is 66.8 Å². The van der Waals surface area contributed by atoms with Crippen molar-refractivity contribution >= 4 is 17.4 Å². The maximum atomic E-state index is 13.4. The fourth-order valence-corrected chi connectivity index (χ4v) is 4.75. The number of amides is 1. The van der Waals surface area contributed by atoms with Gasteiger partial charge >= 0.3 is 0 Å². The van der Waals surface area contributed by atoms with E-state index in [9.17, 15) is 14.7 Å². The zero-order chi connectivity index (χ0) is 27.6. The van der Waals surface area contributed by atoms with Gasteiger partial charge in [-0.15, -0.1) is 0 Å². The number of nitrogens with zero attached hydrogens (tertiary/aromatic N) is 1. The number of Topliss-reactive ketones (excluding diaryl/α,β-unsaturated/α-hetero) is 1. The van der Waals surface area contributed by atoms with Gasteiger partial charge in [-0.2, -0.15) is 0 Å². The Morgan fingerprint density at radius 2 is 1.56 bits per heavy atom. The summed E-state index contributed by atoms with van der Waals surface area (Å²) in [6.45, 7) is 5.70. The Bertz CT molecular complexity index is 1280. The Kier molecular flexibility index (Phi) is 9.79. The molecule has 3 aromatic rings. The van der Waals surface area contributed by atoms with Crippen molar-refractivity contribution in [3.8, 4) is 11.5 Å². The molecule has 4 rings (SSSR count). The molecule has 0 saturated carbocycles. The van der Waals surface area contributed by atoms with Crippen LogP contribution >= 0.6 is 0 Å². The maximum Gasteiger partial charge on any atom is 0.295 e. The second kappa shape index (κ2) is 13.7. The largest absolute Gasteiger partial charge is 0.507 e. The van der Waals surface area contributed by atoms with E-state index in [2.05, 4.69) is 6.92 Å². The van der Waals surface area contributed by atoms with Crippen LogP contribution in [0.5, 0.6) is 11.5 Å². The lowest BCUT2D eigenvalue weighted by Gasteiger charge is -2.26. The third-order valence-electron chi connectivity index (χ3n) is 6.82. The first kappa shape index (κ1) is 28.0. The van der Waals surface area contributed by atoms with E-state index in [0.717, 1.165) is 36.8 Å². The van der Waals surface area contributed by atoms with Crippen LogP contribution < -0.4 is 9.47 Å². The van der Waals surface area contributed by atoms with Crippen molar-refractivity contribution in [3.05, 3.63) is 101 Å². The molecule has 6 heteroatoms. The quantitative estimate of drug-likeness (QED) is 0.116. The molecule has 1 heterocycles. The number of likely N-dealkylation sites (tertiary alicyclic amines) is 1. The second-order valence-corrected chi connectivity index (χ2v) is 9.73. The minimum atomic E-state index is -0.732. The molecule has 0 bridgehead atoms. The minimum Gasteiger partial charge on any atom is -0.507 e. The molecule has 0 aromatic heterocycles. The van der Waals surface area contributed by atoms with E-state index in [1.165, 1.54) is 0 Å². The molecular weight excluding hydrogens is 490 g/mol. The van der Waals surface area contributed by atoms with Crippen LogP contribution in [-0.2, 0) is 16.0 Å². The van der Waals surface area contributed by atoms with Crippen molar-refractivity contribution in [2.75, 3.05) is 19.8 Å². The lowest BCUT2D eigenvalue weighted by molar-refractivity contribution is -0.139. The Hall–Kier alpha value is -4.06. The van der Waals surface area contributed by atoms with Crippen molar-refractivity contribution in [2.24, 2.45) is 0 Å². The molecule has 1 amide bonds. The molecule has 39 heavy (non-hydrogen) atoms. The van der Waals surface area contributed by atoms with Crippen LogP contribution in [0.15, 0.2) is 84.4 Å². The molecule has 204 valence electrons. The van der Waals surface area contributed by atoms with Crippen molar-refractivity contribution in [1.29, 1.82) is 0 Å². The standard InChI is InChI=1S/C33H37NO5/c1-3-5-9-22-39-28-14-10-13-26(23-28)30-29(31(35)25-15-17-27(18-16-25)38-21-4-2)32(36)33(37)34(30)20-19-24-11-7-6-8-12-24/h6-8,10-18,23,30,35H,3-5,9,19-22H2,1-2H3/b31-29+. The summed E-state index contributed by atoms with van der Waals surface area (Å²) in [5, 5.41) is 11.4. The molecule has 0 spiro atoms. The van der Waals surface area contributed by atoms with Crippen molar-refractivity contribution in [3.63, 3.8) is 0 Å². The van der Waals surface area contributed by atoms with Crippen LogP contribution in [0.1, 0.15) is 62.3 Å². The molecule has 0 radical (unpaired) electrons. The third kappa shape index (κ3) is 6.88. The van der Waals surface area contributed by atoms with Gasteiger partial charge in [0.05, 0.1) is 24.8 Å². The molecule has 1 unspecified atom stereocenters. The third-order valence-corrected chi connectivity index (χ3v) is 6.82. The monoisotopic (exact) mass is 527 g/mol. The number of carbonyl (C=O) groups excluding carboxylic acids is 2. The molecular formula is C33H37NO5.